The van der Waals surface area contributed by atoms with E-state index in [2.05, 4.69) is 17.1 Å². The highest BCUT2D eigenvalue weighted by Crippen LogP contribution is 2.23. The first-order valence-electron chi connectivity index (χ1n) is 5.28. The monoisotopic (exact) mass is 267 g/mol. The van der Waals surface area contributed by atoms with Crippen molar-refractivity contribution < 1.29 is 0 Å². The molecule has 0 amide bonds. The van der Waals surface area contributed by atoms with Crippen LogP contribution in [-0.2, 0) is 19.3 Å². The summed E-state index contributed by atoms with van der Waals surface area (Å²) in [4.78, 5) is 5.46. The topological polar surface area (TPSA) is 43.8 Å². The zero-order chi connectivity index (χ0) is 12.3. The molecule has 0 aliphatic rings. The van der Waals surface area contributed by atoms with E-state index >= 15 is 0 Å². The van der Waals surface area contributed by atoms with Crippen LogP contribution in [0, 0.1) is 0 Å². The van der Waals surface area contributed by atoms with Crippen molar-refractivity contribution in [2.24, 2.45) is 12.8 Å². The van der Waals surface area contributed by atoms with Crippen LogP contribution < -0.4 is 5.73 Å². The van der Waals surface area contributed by atoms with Crippen molar-refractivity contribution in [1.29, 1.82) is 0 Å². The van der Waals surface area contributed by atoms with E-state index in [9.17, 15) is 0 Å². The lowest BCUT2D eigenvalue weighted by molar-refractivity contribution is 0.850. The summed E-state index contributed by atoms with van der Waals surface area (Å²) in [6.45, 7) is 0.583. The van der Waals surface area contributed by atoms with Gasteiger partial charge in [-0.25, -0.2) is 4.98 Å². The zero-order valence-electron chi connectivity index (χ0n) is 9.56. The van der Waals surface area contributed by atoms with E-state index in [0.29, 0.717) is 11.7 Å². The van der Waals surface area contributed by atoms with E-state index in [1.807, 2.05) is 23.7 Å². The lowest BCUT2D eigenvalue weighted by atomic mass is 10.2. The summed E-state index contributed by atoms with van der Waals surface area (Å²) < 4.78 is 1.89. The molecule has 2 rings (SSSR count). The van der Waals surface area contributed by atoms with Crippen LogP contribution in [0.5, 0.6) is 0 Å². The predicted molar refractivity (Wildman–Crippen MR) is 72.1 cm³/mol. The summed E-state index contributed by atoms with van der Waals surface area (Å²) in [5, 5.41) is 0.666. The molecule has 1 aromatic carbocycles. The third-order valence-corrected chi connectivity index (χ3v) is 3.91. The summed E-state index contributed by atoms with van der Waals surface area (Å²) in [7, 11) is 1.92. The number of nitrogens with two attached hydrogens (primary N) is 1. The Balaban J connectivity index is 2.00. The fourth-order valence-corrected chi connectivity index (χ4v) is 2.47. The molecule has 0 spiro atoms. The van der Waals surface area contributed by atoms with Crippen molar-refractivity contribution in [3.05, 3.63) is 47.0 Å². The minimum absolute atomic E-state index is 0.583. The number of hydrogen-bond donors (Lipinski definition) is 1. The summed E-state index contributed by atoms with van der Waals surface area (Å²) in [5.41, 5.74) is 6.70. The standard InChI is InChI=1S/C12H14ClN3S/c1-16-11(13)7-15-12(16)8-17-10-4-2-9(6-14)3-5-10/h2-5,7H,6,8,14H2,1H3. The van der Waals surface area contributed by atoms with E-state index in [1.54, 1.807) is 18.0 Å². The van der Waals surface area contributed by atoms with Gasteiger partial charge in [-0.1, -0.05) is 23.7 Å². The largest absolute Gasteiger partial charge is 0.326 e. The third-order valence-electron chi connectivity index (χ3n) is 2.55. The minimum atomic E-state index is 0.583. The number of benzene rings is 1. The van der Waals surface area contributed by atoms with Gasteiger partial charge in [0, 0.05) is 18.5 Å². The van der Waals surface area contributed by atoms with Gasteiger partial charge in [0.2, 0.25) is 0 Å². The molecule has 17 heavy (non-hydrogen) atoms. The molecule has 0 bridgehead atoms. The normalized spacial score (nSPS) is 10.8. The van der Waals surface area contributed by atoms with Gasteiger partial charge < -0.3 is 10.3 Å². The van der Waals surface area contributed by atoms with Gasteiger partial charge in [-0.2, -0.15) is 0 Å². The highest BCUT2D eigenvalue weighted by molar-refractivity contribution is 7.98. The smallest absolute Gasteiger partial charge is 0.128 e. The van der Waals surface area contributed by atoms with Crippen molar-refractivity contribution in [1.82, 2.24) is 9.55 Å². The Morgan fingerprint density at radius 1 is 1.35 bits per heavy atom. The highest BCUT2D eigenvalue weighted by Gasteiger charge is 2.04. The number of thioether (sulfide) groups is 1. The van der Waals surface area contributed by atoms with Crippen molar-refractivity contribution in [2.45, 2.75) is 17.2 Å². The average molecular weight is 268 g/mol. The number of aromatic nitrogens is 2. The molecule has 0 unspecified atom stereocenters. The van der Waals surface area contributed by atoms with Gasteiger partial charge in [-0.3, -0.25) is 0 Å². The maximum Gasteiger partial charge on any atom is 0.128 e. The highest BCUT2D eigenvalue weighted by atomic mass is 35.5. The molecule has 1 aromatic heterocycles. The van der Waals surface area contributed by atoms with E-state index in [4.69, 9.17) is 17.3 Å². The van der Waals surface area contributed by atoms with Gasteiger partial charge in [0.15, 0.2) is 0 Å². The number of hydrogen-bond acceptors (Lipinski definition) is 3. The van der Waals surface area contributed by atoms with Crippen LogP contribution in [0.1, 0.15) is 11.4 Å². The Labute approximate surface area is 110 Å². The lowest BCUT2D eigenvalue weighted by Crippen LogP contribution is -1.96. The second kappa shape index (κ2) is 5.58. The van der Waals surface area contributed by atoms with Crippen LogP contribution in [0.4, 0.5) is 0 Å². The van der Waals surface area contributed by atoms with Gasteiger partial charge in [-0.15, -0.1) is 11.8 Å². The van der Waals surface area contributed by atoms with Gasteiger partial charge in [0.1, 0.15) is 11.0 Å². The molecule has 0 radical (unpaired) electrons. The van der Waals surface area contributed by atoms with Gasteiger partial charge in [-0.05, 0) is 17.7 Å². The first-order valence-corrected chi connectivity index (χ1v) is 6.65. The van der Waals surface area contributed by atoms with Crippen LogP contribution in [0.2, 0.25) is 5.15 Å². The summed E-state index contributed by atoms with van der Waals surface area (Å²) >= 11 is 7.67. The first-order chi connectivity index (χ1) is 8.20. The maximum absolute atomic E-state index is 5.93. The molecular formula is C12H14ClN3S. The molecule has 0 saturated carbocycles. The second-order valence-electron chi connectivity index (χ2n) is 3.69. The van der Waals surface area contributed by atoms with Gasteiger partial charge in [0.25, 0.3) is 0 Å². The van der Waals surface area contributed by atoms with E-state index < -0.39 is 0 Å². The molecule has 3 nitrogen and oxygen atoms in total. The minimum Gasteiger partial charge on any atom is -0.326 e. The molecule has 0 atom stereocenters. The van der Waals surface area contributed by atoms with Crippen LogP contribution in [-0.4, -0.2) is 9.55 Å². The Morgan fingerprint density at radius 2 is 2.06 bits per heavy atom. The first kappa shape index (κ1) is 12.5. The number of nitrogens with zero attached hydrogens (tertiary/aromatic N) is 2. The number of rotatable bonds is 4. The molecule has 0 fully saturated rings. The molecule has 0 saturated heterocycles. The Bertz CT molecular complexity index is 493. The van der Waals surface area contributed by atoms with Crippen LogP contribution in [0.15, 0.2) is 35.4 Å². The zero-order valence-corrected chi connectivity index (χ0v) is 11.1. The van der Waals surface area contributed by atoms with E-state index in [0.717, 1.165) is 17.1 Å². The van der Waals surface area contributed by atoms with Crippen molar-refractivity contribution in [2.75, 3.05) is 0 Å². The Kier molecular flexibility index (Phi) is 4.10. The van der Waals surface area contributed by atoms with Crippen molar-refractivity contribution in [3.63, 3.8) is 0 Å². The predicted octanol–water partition coefficient (Wildman–Crippen LogP) is 2.82. The molecule has 5 heteroatoms. The lowest BCUT2D eigenvalue weighted by Gasteiger charge is -2.03. The Hall–Kier alpha value is -0.970. The van der Waals surface area contributed by atoms with Crippen LogP contribution >= 0.6 is 23.4 Å². The van der Waals surface area contributed by atoms with Crippen molar-refractivity contribution >= 4 is 23.4 Å². The average Bonchev–Trinajstić information content (AvgIpc) is 2.68. The van der Waals surface area contributed by atoms with E-state index in [-0.39, 0.29) is 0 Å². The summed E-state index contributed by atoms with van der Waals surface area (Å²) in [6.07, 6.45) is 1.68. The maximum atomic E-state index is 5.93. The molecule has 1 heterocycles. The third kappa shape index (κ3) is 3.03. The molecule has 2 aromatic rings. The molecule has 90 valence electrons. The summed E-state index contributed by atoms with van der Waals surface area (Å²) in [5.74, 6) is 1.79. The molecule has 0 aliphatic carbocycles. The van der Waals surface area contributed by atoms with Crippen LogP contribution in [0.3, 0.4) is 0 Å². The fourth-order valence-electron chi connectivity index (χ4n) is 1.43. The Morgan fingerprint density at radius 3 is 2.59 bits per heavy atom. The van der Waals surface area contributed by atoms with E-state index in [1.165, 1.54) is 4.90 Å². The van der Waals surface area contributed by atoms with Crippen molar-refractivity contribution in [3.8, 4) is 0 Å². The number of imidazole rings is 1. The molecule has 2 N–H and O–H groups in total. The van der Waals surface area contributed by atoms with Gasteiger partial charge in [0.05, 0.1) is 11.9 Å². The fraction of sp³-hybridized carbons (Fsp3) is 0.250. The molecular weight excluding hydrogens is 254 g/mol. The molecule has 0 aliphatic heterocycles. The quantitative estimate of drug-likeness (QED) is 0.867. The number of halogens is 1. The van der Waals surface area contributed by atoms with Crippen LogP contribution in [0.25, 0.3) is 0 Å². The van der Waals surface area contributed by atoms with Gasteiger partial charge >= 0.3 is 0 Å². The summed E-state index contributed by atoms with van der Waals surface area (Å²) in [6, 6.07) is 8.26. The second-order valence-corrected chi connectivity index (χ2v) is 5.13. The SMILES string of the molecule is Cn1c(Cl)cnc1CSc1ccc(CN)cc1.